The normalized spacial score (nSPS) is 12.3. The predicted octanol–water partition coefficient (Wildman–Crippen LogP) is 5.16. The van der Waals surface area contributed by atoms with Crippen LogP contribution in [0.2, 0.25) is 0 Å². The first-order valence-corrected chi connectivity index (χ1v) is 14.0. The van der Waals surface area contributed by atoms with Gasteiger partial charge < -0.3 is 5.11 Å². The standard InChI is InChI=1S/C30H31N3O5S/c1-24-12-14-27(15-13-24)32(39(37,38)30-18-16-28(17-19-30)33(35)36)23-29(34)22-31(20-25-8-4-2-5-9-25)21-26-10-6-3-7-11-26/h2-19,29,34H,20-23H2,1H3/t29-/m1/s1. The van der Waals surface area contributed by atoms with E-state index in [-0.39, 0.29) is 23.7 Å². The summed E-state index contributed by atoms with van der Waals surface area (Å²) in [6.07, 6.45) is -1.02. The van der Waals surface area contributed by atoms with E-state index in [2.05, 4.69) is 4.90 Å². The molecule has 0 radical (unpaired) electrons. The lowest BCUT2D eigenvalue weighted by Gasteiger charge is -2.30. The molecule has 0 aliphatic heterocycles. The fraction of sp³-hybridized carbons (Fsp3) is 0.200. The molecule has 39 heavy (non-hydrogen) atoms. The second-order valence-corrected chi connectivity index (χ2v) is 11.3. The summed E-state index contributed by atoms with van der Waals surface area (Å²) in [7, 11) is -4.13. The van der Waals surface area contributed by atoms with Crippen LogP contribution in [0.5, 0.6) is 0 Å². The summed E-state index contributed by atoms with van der Waals surface area (Å²) in [6.45, 7) is 3.09. The number of hydrogen-bond donors (Lipinski definition) is 1. The molecule has 0 saturated heterocycles. The molecule has 0 unspecified atom stereocenters. The van der Waals surface area contributed by atoms with Crippen LogP contribution in [0, 0.1) is 17.0 Å². The maximum Gasteiger partial charge on any atom is 0.269 e. The number of nitrogens with zero attached hydrogens (tertiary/aromatic N) is 3. The van der Waals surface area contributed by atoms with Crippen molar-refractivity contribution in [1.82, 2.24) is 4.90 Å². The Hall–Kier alpha value is -4.05. The quantitative estimate of drug-likeness (QED) is 0.195. The summed E-state index contributed by atoms with van der Waals surface area (Å²) in [5.41, 5.74) is 3.32. The minimum atomic E-state index is -4.13. The van der Waals surface area contributed by atoms with Crippen LogP contribution in [0.15, 0.2) is 114 Å². The Morgan fingerprint density at radius 1 is 0.769 bits per heavy atom. The van der Waals surface area contributed by atoms with E-state index in [0.717, 1.165) is 28.8 Å². The Morgan fingerprint density at radius 3 is 1.77 bits per heavy atom. The number of anilines is 1. The second-order valence-electron chi connectivity index (χ2n) is 9.42. The largest absolute Gasteiger partial charge is 0.390 e. The van der Waals surface area contributed by atoms with Crippen LogP contribution in [0.4, 0.5) is 11.4 Å². The van der Waals surface area contributed by atoms with Gasteiger partial charge >= 0.3 is 0 Å². The first-order valence-electron chi connectivity index (χ1n) is 12.5. The lowest BCUT2D eigenvalue weighted by molar-refractivity contribution is -0.384. The number of rotatable bonds is 12. The first kappa shape index (κ1) is 28.0. The third-order valence-corrected chi connectivity index (χ3v) is 8.11. The van der Waals surface area contributed by atoms with Gasteiger partial charge in [0.05, 0.1) is 28.2 Å². The van der Waals surface area contributed by atoms with Gasteiger partial charge in [-0.3, -0.25) is 19.3 Å². The average Bonchev–Trinajstić information content (AvgIpc) is 2.93. The molecular weight excluding hydrogens is 514 g/mol. The molecule has 8 nitrogen and oxygen atoms in total. The maximum absolute atomic E-state index is 13.7. The summed E-state index contributed by atoms with van der Waals surface area (Å²) in [5.74, 6) is 0. The molecule has 1 atom stereocenters. The van der Waals surface area contributed by atoms with Crippen molar-refractivity contribution in [3.8, 4) is 0 Å². The van der Waals surface area contributed by atoms with Gasteiger partial charge in [-0.25, -0.2) is 8.42 Å². The van der Waals surface area contributed by atoms with Crippen molar-refractivity contribution in [2.24, 2.45) is 0 Å². The second kappa shape index (κ2) is 12.7. The van der Waals surface area contributed by atoms with Crippen molar-refractivity contribution in [2.45, 2.75) is 31.0 Å². The molecule has 0 fully saturated rings. The SMILES string of the molecule is Cc1ccc(N(C[C@H](O)CN(Cc2ccccc2)Cc2ccccc2)S(=O)(=O)c2ccc([N+](=O)[O-])cc2)cc1. The lowest BCUT2D eigenvalue weighted by Crippen LogP contribution is -2.42. The number of aryl methyl sites for hydroxylation is 1. The van der Waals surface area contributed by atoms with E-state index in [0.29, 0.717) is 18.8 Å². The Balaban J connectivity index is 1.60. The molecule has 0 aromatic heterocycles. The third kappa shape index (κ3) is 7.51. The van der Waals surface area contributed by atoms with Gasteiger partial charge in [-0.1, -0.05) is 78.4 Å². The van der Waals surface area contributed by atoms with E-state index in [1.165, 1.54) is 16.4 Å². The van der Waals surface area contributed by atoms with E-state index < -0.39 is 21.1 Å². The highest BCUT2D eigenvalue weighted by atomic mass is 32.2. The summed E-state index contributed by atoms with van der Waals surface area (Å²) in [4.78, 5) is 12.5. The maximum atomic E-state index is 13.7. The lowest BCUT2D eigenvalue weighted by atomic mass is 10.1. The molecular formula is C30H31N3O5S. The number of aliphatic hydroxyl groups is 1. The van der Waals surface area contributed by atoms with Gasteiger partial charge in [0.2, 0.25) is 0 Å². The van der Waals surface area contributed by atoms with Crippen LogP contribution >= 0.6 is 0 Å². The van der Waals surface area contributed by atoms with Gasteiger partial charge in [0.25, 0.3) is 15.7 Å². The zero-order valence-corrected chi connectivity index (χ0v) is 22.4. The fourth-order valence-electron chi connectivity index (χ4n) is 4.34. The van der Waals surface area contributed by atoms with Crippen molar-refractivity contribution >= 4 is 21.4 Å². The molecule has 0 aliphatic carbocycles. The fourth-order valence-corrected chi connectivity index (χ4v) is 5.84. The summed E-state index contributed by atoms with van der Waals surface area (Å²) in [6, 6.07) is 31.6. The van der Waals surface area contributed by atoms with Crippen molar-refractivity contribution in [2.75, 3.05) is 17.4 Å². The molecule has 0 heterocycles. The van der Waals surface area contributed by atoms with Gasteiger partial charge in [0.1, 0.15) is 0 Å². The predicted molar refractivity (Wildman–Crippen MR) is 152 cm³/mol. The van der Waals surface area contributed by atoms with Gasteiger partial charge in [0, 0.05) is 31.8 Å². The highest BCUT2D eigenvalue weighted by Crippen LogP contribution is 2.26. The summed E-state index contributed by atoms with van der Waals surface area (Å²) >= 11 is 0. The molecule has 4 aromatic carbocycles. The van der Waals surface area contributed by atoms with E-state index in [4.69, 9.17) is 0 Å². The minimum absolute atomic E-state index is 0.0914. The average molecular weight is 546 g/mol. The zero-order chi connectivity index (χ0) is 27.8. The van der Waals surface area contributed by atoms with Gasteiger partial charge in [0.15, 0.2) is 0 Å². The van der Waals surface area contributed by atoms with Gasteiger partial charge in [-0.05, 0) is 42.3 Å². The van der Waals surface area contributed by atoms with Crippen LogP contribution in [-0.4, -0.2) is 42.5 Å². The highest BCUT2D eigenvalue weighted by Gasteiger charge is 2.28. The van der Waals surface area contributed by atoms with Gasteiger partial charge in [-0.2, -0.15) is 0 Å². The summed E-state index contributed by atoms with van der Waals surface area (Å²) in [5, 5.41) is 22.3. The van der Waals surface area contributed by atoms with Crippen LogP contribution in [-0.2, 0) is 23.1 Å². The van der Waals surface area contributed by atoms with E-state index in [1.807, 2.05) is 67.6 Å². The monoisotopic (exact) mass is 545 g/mol. The Kier molecular flexibility index (Phi) is 9.08. The first-order chi connectivity index (χ1) is 18.7. The molecule has 9 heteroatoms. The van der Waals surface area contributed by atoms with Gasteiger partial charge in [-0.15, -0.1) is 0 Å². The number of nitro groups is 1. The molecule has 4 rings (SSSR count). The number of aliphatic hydroxyl groups excluding tert-OH is 1. The number of hydrogen-bond acceptors (Lipinski definition) is 6. The molecule has 0 saturated carbocycles. The Labute approximate surface area is 229 Å². The highest BCUT2D eigenvalue weighted by molar-refractivity contribution is 7.92. The van der Waals surface area contributed by atoms with Crippen LogP contribution in [0.1, 0.15) is 16.7 Å². The zero-order valence-electron chi connectivity index (χ0n) is 21.6. The van der Waals surface area contributed by atoms with Crippen LogP contribution < -0.4 is 4.31 Å². The molecule has 202 valence electrons. The van der Waals surface area contributed by atoms with E-state index in [1.54, 1.807) is 24.3 Å². The Morgan fingerprint density at radius 2 is 1.28 bits per heavy atom. The number of non-ortho nitro benzene ring substituents is 1. The number of nitro benzene ring substituents is 1. The van der Waals surface area contributed by atoms with E-state index in [9.17, 15) is 23.6 Å². The molecule has 0 aliphatic rings. The third-order valence-electron chi connectivity index (χ3n) is 6.30. The molecule has 0 spiro atoms. The van der Waals surface area contributed by atoms with Crippen LogP contribution in [0.3, 0.4) is 0 Å². The van der Waals surface area contributed by atoms with Crippen molar-refractivity contribution < 1.29 is 18.4 Å². The Bertz CT molecular complexity index is 1420. The molecule has 0 bridgehead atoms. The molecule has 0 amide bonds. The van der Waals surface area contributed by atoms with E-state index >= 15 is 0 Å². The van der Waals surface area contributed by atoms with Crippen molar-refractivity contribution in [1.29, 1.82) is 0 Å². The smallest absolute Gasteiger partial charge is 0.269 e. The molecule has 1 N–H and O–H groups in total. The topological polar surface area (TPSA) is 104 Å². The number of benzene rings is 4. The molecule has 4 aromatic rings. The minimum Gasteiger partial charge on any atom is -0.390 e. The van der Waals surface area contributed by atoms with Crippen molar-refractivity contribution in [3.63, 3.8) is 0 Å². The summed E-state index contributed by atoms with van der Waals surface area (Å²) < 4.78 is 28.6. The number of sulfonamides is 1. The van der Waals surface area contributed by atoms with Crippen molar-refractivity contribution in [3.05, 3.63) is 136 Å². The van der Waals surface area contributed by atoms with Crippen LogP contribution in [0.25, 0.3) is 0 Å².